The molecule has 4 aromatic rings. The van der Waals surface area contributed by atoms with E-state index in [-0.39, 0.29) is 0 Å². The molecule has 0 aliphatic rings. The van der Waals surface area contributed by atoms with Crippen LogP contribution in [0.15, 0.2) is 121 Å². The molecule has 0 bridgehead atoms. The van der Waals surface area contributed by atoms with Crippen LogP contribution in [-0.4, -0.2) is 16.2 Å². The SMILES string of the molecule is NC(CCc1ccccc1)(Cc1ccccc1)C(O)(Cc1ccccc1)Cc1ccccc1. The van der Waals surface area contributed by atoms with Gasteiger partial charge in [0.25, 0.3) is 0 Å². The minimum Gasteiger partial charge on any atom is -0.387 e. The number of hydrogen-bond acceptors (Lipinski definition) is 2. The second kappa shape index (κ2) is 10.6. The molecule has 0 spiro atoms. The first-order chi connectivity index (χ1) is 16.1. The summed E-state index contributed by atoms with van der Waals surface area (Å²) in [6.07, 6.45) is 3.11. The van der Waals surface area contributed by atoms with Gasteiger partial charge in [-0.2, -0.15) is 0 Å². The highest BCUT2D eigenvalue weighted by atomic mass is 16.3. The van der Waals surface area contributed by atoms with E-state index in [0.717, 1.165) is 23.1 Å². The van der Waals surface area contributed by atoms with Gasteiger partial charge < -0.3 is 10.8 Å². The molecule has 168 valence electrons. The van der Waals surface area contributed by atoms with Gasteiger partial charge in [0.05, 0.1) is 5.60 Å². The van der Waals surface area contributed by atoms with Crippen molar-refractivity contribution in [3.8, 4) is 0 Å². The molecule has 0 radical (unpaired) electrons. The maximum absolute atomic E-state index is 12.5. The Kier molecular flexibility index (Phi) is 7.39. The van der Waals surface area contributed by atoms with E-state index in [1.807, 2.05) is 60.7 Å². The second-order valence-corrected chi connectivity index (χ2v) is 9.16. The quantitative estimate of drug-likeness (QED) is 0.332. The summed E-state index contributed by atoms with van der Waals surface area (Å²) in [6, 6.07) is 41.2. The molecule has 33 heavy (non-hydrogen) atoms. The Morgan fingerprint density at radius 1 is 0.485 bits per heavy atom. The van der Waals surface area contributed by atoms with Crippen molar-refractivity contribution in [3.63, 3.8) is 0 Å². The Balaban J connectivity index is 1.73. The van der Waals surface area contributed by atoms with E-state index in [1.54, 1.807) is 0 Å². The molecule has 0 aliphatic carbocycles. The third-order valence-corrected chi connectivity index (χ3v) is 6.67. The molecule has 0 saturated heterocycles. The molecule has 0 aromatic heterocycles. The Bertz CT molecular complexity index is 1060. The largest absolute Gasteiger partial charge is 0.387 e. The summed E-state index contributed by atoms with van der Waals surface area (Å²) in [5.74, 6) is 0. The fourth-order valence-corrected chi connectivity index (χ4v) is 4.74. The number of benzene rings is 4. The van der Waals surface area contributed by atoms with Crippen LogP contribution in [0, 0.1) is 0 Å². The highest BCUT2D eigenvalue weighted by Crippen LogP contribution is 2.35. The van der Waals surface area contributed by atoms with Crippen molar-refractivity contribution in [1.29, 1.82) is 0 Å². The van der Waals surface area contributed by atoms with Gasteiger partial charge in [0.1, 0.15) is 0 Å². The molecular formula is C31H33NO. The first-order valence-corrected chi connectivity index (χ1v) is 11.7. The van der Waals surface area contributed by atoms with E-state index in [2.05, 4.69) is 60.7 Å². The van der Waals surface area contributed by atoms with Gasteiger partial charge in [-0.1, -0.05) is 121 Å². The van der Waals surface area contributed by atoms with Crippen molar-refractivity contribution in [2.24, 2.45) is 5.73 Å². The maximum Gasteiger partial charge on any atom is 0.0909 e. The van der Waals surface area contributed by atoms with Gasteiger partial charge in [-0.25, -0.2) is 0 Å². The average molecular weight is 436 g/mol. The fraction of sp³-hybridized carbons (Fsp3) is 0.226. The van der Waals surface area contributed by atoms with Gasteiger partial charge in [0.15, 0.2) is 0 Å². The predicted octanol–water partition coefficient (Wildman–Crippen LogP) is 5.78. The molecule has 2 nitrogen and oxygen atoms in total. The zero-order chi connectivity index (χ0) is 23.0. The van der Waals surface area contributed by atoms with Crippen molar-refractivity contribution in [1.82, 2.24) is 0 Å². The monoisotopic (exact) mass is 435 g/mol. The highest BCUT2D eigenvalue weighted by Gasteiger charge is 2.47. The number of rotatable bonds is 10. The Morgan fingerprint density at radius 2 is 0.818 bits per heavy atom. The van der Waals surface area contributed by atoms with Crippen molar-refractivity contribution >= 4 is 0 Å². The summed E-state index contributed by atoms with van der Waals surface area (Å²) in [6.45, 7) is 0. The minimum atomic E-state index is -1.12. The Labute approximate surface area is 197 Å². The van der Waals surface area contributed by atoms with E-state index in [0.29, 0.717) is 25.7 Å². The lowest BCUT2D eigenvalue weighted by molar-refractivity contribution is -0.0399. The van der Waals surface area contributed by atoms with E-state index in [1.165, 1.54) is 5.56 Å². The molecule has 0 amide bonds. The molecule has 1 atom stereocenters. The maximum atomic E-state index is 12.5. The van der Waals surface area contributed by atoms with Crippen LogP contribution < -0.4 is 5.73 Å². The van der Waals surface area contributed by atoms with E-state index in [9.17, 15) is 5.11 Å². The fourth-order valence-electron chi connectivity index (χ4n) is 4.74. The van der Waals surface area contributed by atoms with Crippen molar-refractivity contribution in [2.45, 2.75) is 43.2 Å². The third-order valence-electron chi connectivity index (χ3n) is 6.67. The highest BCUT2D eigenvalue weighted by molar-refractivity contribution is 5.29. The van der Waals surface area contributed by atoms with Crippen molar-refractivity contribution < 1.29 is 5.11 Å². The summed E-state index contributed by atoms with van der Waals surface area (Å²) in [5.41, 5.74) is 9.93. The van der Waals surface area contributed by atoms with E-state index >= 15 is 0 Å². The lowest BCUT2D eigenvalue weighted by Gasteiger charge is -2.46. The normalized spacial score (nSPS) is 13.4. The van der Waals surface area contributed by atoms with Gasteiger partial charge in [-0.15, -0.1) is 0 Å². The van der Waals surface area contributed by atoms with E-state index < -0.39 is 11.1 Å². The smallest absolute Gasteiger partial charge is 0.0909 e. The zero-order valence-corrected chi connectivity index (χ0v) is 19.1. The average Bonchev–Trinajstić information content (AvgIpc) is 2.85. The van der Waals surface area contributed by atoms with Gasteiger partial charge in [-0.05, 0) is 41.5 Å². The predicted molar refractivity (Wildman–Crippen MR) is 137 cm³/mol. The summed E-state index contributed by atoms with van der Waals surface area (Å²) in [4.78, 5) is 0. The standard InChI is InChI=1S/C31H33NO/c32-30(23-27-15-7-2-8-16-27,22-21-26-13-5-1-6-14-26)31(33,24-28-17-9-3-10-18-28)25-29-19-11-4-12-20-29/h1-20,33H,21-25,32H2. The Hall–Kier alpha value is -3.20. The van der Waals surface area contributed by atoms with Crippen LogP contribution in [0.1, 0.15) is 28.7 Å². The van der Waals surface area contributed by atoms with Crippen LogP contribution in [0.5, 0.6) is 0 Å². The summed E-state index contributed by atoms with van der Waals surface area (Å²) in [7, 11) is 0. The molecule has 2 heteroatoms. The molecule has 1 unspecified atom stereocenters. The van der Waals surface area contributed by atoms with Gasteiger partial charge in [0.2, 0.25) is 0 Å². The third kappa shape index (κ3) is 5.98. The second-order valence-electron chi connectivity index (χ2n) is 9.16. The van der Waals surface area contributed by atoms with Crippen LogP contribution in [0.4, 0.5) is 0 Å². The van der Waals surface area contributed by atoms with E-state index in [4.69, 9.17) is 5.73 Å². The lowest BCUT2D eigenvalue weighted by atomic mass is 9.67. The summed E-state index contributed by atoms with van der Waals surface area (Å²) >= 11 is 0. The number of nitrogens with two attached hydrogens (primary N) is 1. The lowest BCUT2D eigenvalue weighted by Crippen LogP contribution is -2.64. The molecule has 0 heterocycles. The molecule has 4 rings (SSSR count). The molecule has 4 aromatic carbocycles. The summed E-state index contributed by atoms with van der Waals surface area (Å²) < 4.78 is 0. The first kappa shape index (κ1) is 23.0. The topological polar surface area (TPSA) is 46.2 Å². The molecule has 3 N–H and O–H groups in total. The molecule has 0 fully saturated rings. The van der Waals surface area contributed by atoms with Crippen LogP contribution in [0.2, 0.25) is 0 Å². The zero-order valence-electron chi connectivity index (χ0n) is 19.1. The minimum absolute atomic E-state index is 0.501. The van der Waals surface area contributed by atoms with Gasteiger partial charge >= 0.3 is 0 Å². The van der Waals surface area contributed by atoms with Crippen molar-refractivity contribution in [3.05, 3.63) is 144 Å². The van der Waals surface area contributed by atoms with Gasteiger partial charge in [-0.3, -0.25) is 0 Å². The number of aliphatic hydroxyl groups is 1. The van der Waals surface area contributed by atoms with Crippen LogP contribution in [0.25, 0.3) is 0 Å². The number of aryl methyl sites for hydroxylation is 1. The van der Waals surface area contributed by atoms with Crippen LogP contribution >= 0.6 is 0 Å². The van der Waals surface area contributed by atoms with Crippen LogP contribution in [0.3, 0.4) is 0 Å². The molecule has 0 aliphatic heterocycles. The van der Waals surface area contributed by atoms with Crippen LogP contribution in [-0.2, 0) is 25.7 Å². The molecule has 0 saturated carbocycles. The number of hydrogen-bond donors (Lipinski definition) is 2. The van der Waals surface area contributed by atoms with Gasteiger partial charge in [0, 0.05) is 18.4 Å². The first-order valence-electron chi connectivity index (χ1n) is 11.7. The molecular weight excluding hydrogens is 402 g/mol. The van der Waals surface area contributed by atoms with Crippen molar-refractivity contribution in [2.75, 3.05) is 0 Å². The Morgan fingerprint density at radius 3 is 1.21 bits per heavy atom. The summed E-state index contributed by atoms with van der Waals surface area (Å²) in [5, 5.41) is 12.5.